The number of rotatable bonds is 5. The predicted octanol–water partition coefficient (Wildman–Crippen LogP) is 9.02. The molecule has 0 unspecified atom stereocenters. The van der Waals surface area contributed by atoms with Crippen LogP contribution in [-0.4, -0.2) is 36.0 Å². The van der Waals surface area contributed by atoms with Gasteiger partial charge in [-0.15, -0.1) is 65.5 Å². The van der Waals surface area contributed by atoms with Gasteiger partial charge in [-0.2, -0.15) is 5.56 Å². The number of fused-ring (bicyclic) bond motifs is 2. The van der Waals surface area contributed by atoms with Crippen LogP contribution in [0.4, 0.5) is 0 Å². The summed E-state index contributed by atoms with van der Waals surface area (Å²) in [4.78, 5) is 13.7. The fraction of sp³-hybridized carbons (Fsp3) is 0.0714. The third kappa shape index (κ3) is 8.72. The maximum absolute atomic E-state index is 4.93. The smallest absolute Gasteiger partial charge is 0.0815 e. The first-order chi connectivity index (χ1) is 22.9. The molecule has 8 rings (SSSR count). The van der Waals surface area contributed by atoms with Crippen LogP contribution in [0, 0.1) is 24.3 Å². The molecule has 0 N–H and O–H groups in total. The van der Waals surface area contributed by atoms with Gasteiger partial charge in [0, 0.05) is 79.3 Å². The van der Waals surface area contributed by atoms with E-state index in [-0.39, 0.29) is 61.2 Å². The minimum Gasteiger partial charge on any atom is -0.374 e. The fourth-order valence-corrected chi connectivity index (χ4v) is 6.29. The van der Waals surface area contributed by atoms with Gasteiger partial charge in [-0.25, -0.2) is 6.07 Å². The maximum atomic E-state index is 4.93. The van der Waals surface area contributed by atoms with E-state index >= 15 is 0 Å². The summed E-state index contributed by atoms with van der Waals surface area (Å²) < 4.78 is 2.17. The topological polar surface area (TPSA) is 43.6 Å². The summed E-state index contributed by atoms with van der Waals surface area (Å²) in [6.07, 6.45) is 3.91. The molecule has 6 aromatic carbocycles. The van der Waals surface area contributed by atoms with Crippen LogP contribution in [0.15, 0.2) is 140 Å². The summed E-state index contributed by atoms with van der Waals surface area (Å²) in [6.45, 7) is 6.88. The van der Waals surface area contributed by atoms with Gasteiger partial charge in [-0.05, 0) is 35.3 Å². The first-order valence-electron chi connectivity index (χ1n) is 15.6. The van der Waals surface area contributed by atoms with Gasteiger partial charge >= 0.3 is 0 Å². The molecule has 0 aliphatic carbocycles. The zero-order valence-electron chi connectivity index (χ0n) is 28.1. The molecular weight excluding hydrogens is 881 g/mol. The number of hydrogen-bond acceptors (Lipinski definition) is 3. The third-order valence-corrected chi connectivity index (χ3v) is 9.94. The molecule has 0 aliphatic heterocycles. The molecule has 243 valence electrons. The van der Waals surface area contributed by atoms with E-state index in [1.54, 1.807) is 0 Å². The summed E-state index contributed by atoms with van der Waals surface area (Å²) in [6, 6.07) is 56.3. The van der Waals surface area contributed by atoms with E-state index in [0.717, 1.165) is 56.0 Å². The Labute approximate surface area is 336 Å². The first-order valence-corrected chi connectivity index (χ1v) is 19.1. The van der Waals surface area contributed by atoms with Crippen molar-refractivity contribution in [2.75, 3.05) is 0 Å². The van der Waals surface area contributed by atoms with Gasteiger partial charge in [0.1, 0.15) is 0 Å². The Bertz CT molecular complexity index is 2290. The second-order valence-corrected chi connectivity index (χ2v) is 17.3. The molecule has 4 nitrogen and oxygen atoms in total. The van der Waals surface area contributed by atoms with Gasteiger partial charge in [0.2, 0.25) is 0 Å². The van der Waals surface area contributed by atoms with E-state index in [9.17, 15) is 0 Å². The Morgan fingerprint density at radius 1 is 0.620 bits per heavy atom. The van der Waals surface area contributed by atoms with Crippen LogP contribution in [0.3, 0.4) is 0 Å². The van der Waals surface area contributed by atoms with Crippen LogP contribution in [0.2, 0.25) is 19.6 Å². The van der Waals surface area contributed by atoms with Crippen LogP contribution < -0.4 is 5.19 Å². The molecule has 50 heavy (non-hydrogen) atoms. The van der Waals surface area contributed by atoms with Crippen molar-refractivity contribution in [3.63, 3.8) is 0 Å². The van der Waals surface area contributed by atoms with E-state index < -0.39 is 8.07 Å². The number of para-hydroxylation sites is 3. The summed E-state index contributed by atoms with van der Waals surface area (Å²) in [5, 5.41) is 3.56. The molecule has 0 fully saturated rings. The predicted molar refractivity (Wildman–Crippen MR) is 201 cm³/mol. The first kappa shape index (κ1) is 39.0. The number of benzene rings is 6. The molecule has 8 aromatic rings. The van der Waals surface area contributed by atoms with Gasteiger partial charge < -0.3 is 15.6 Å². The monoisotopic (exact) mass is 913 g/mol. The molecule has 2 aromatic heterocycles. The SMILES string of the molecule is C[Si](C)(C)c1cnc(-c2[c-]cccc2)nc1.[B].[Ir].[Y].[c-]1ccc(-c2[c-]c3ccccc3cc2)[c-]c1-c1nc2ccccc2n1-c1ccccc1. The zero-order chi connectivity index (χ0) is 32.2. The van der Waals surface area contributed by atoms with Crippen LogP contribution in [0.25, 0.3) is 61.4 Å². The van der Waals surface area contributed by atoms with Crippen molar-refractivity contribution in [3.05, 3.63) is 164 Å². The molecule has 0 amide bonds. The Balaban J connectivity index is 0.000000254. The molecule has 0 bridgehead atoms. The fourth-order valence-electron chi connectivity index (χ4n) is 5.39. The summed E-state index contributed by atoms with van der Waals surface area (Å²) in [5.41, 5.74) is 6.85. The van der Waals surface area contributed by atoms with Crippen LogP contribution in [0.1, 0.15) is 0 Å². The van der Waals surface area contributed by atoms with Crippen molar-refractivity contribution < 1.29 is 52.8 Å². The average Bonchev–Trinajstić information content (AvgIpc) is 3.52. The van der Waals surface area contributed by atoms with E-state index in [1.165, 1.54) is 10.6 Å². The molecule has 2 heterocycles. The normalized spacial score (nSPS) is 10.6. The molecule has 0 atom stereocenters. The van der Waals surface area contributed by atoms with Gasteiger partial charge in [0.15, 0.2) is 0 Å². The van der Waals surface area contributed by atoms with Crippen molar-refractivity contribution in [1.82, 2.24) is 19.5 Å². The van der Waals surface area contributed by atoms with Crippen molar-refractivity contribution in [1.29, 1.82) is 0 Å². The summed E-state index contributed by atoms with van der Waals surface area (Å²) in [5.74, 6) is 1.58. The van der Waals surface area contributed by atoms with Crippen molar-refractivity contribution in [2.24, 2.45) is 0 Å². The second kappa shape index (κ2) is 17.4. The largest absolute Gasteiger partial charge is 0.374 e. The number of aromatic nitrogens is 4. The van der Waals surface area contributed by atoms with Gasteiger partial charge in [0.05, 0.1) is 24.9 Å². The minimum absolute atomic E-state index is 0. The zero-order valence-corrected chi connectivity index (χ0v) is 34.3. The maximum Gasteiger partial charge on any atom is 0.0815 e. The molecule has 5 radical (unpaired) electrons. The number of imidazole rings is 1. The number of nitrogens with zero attached hydrogens (tertiary/aromatic N) is 4. The van der Waals surface area contributed by atoms with Crippen LogP contribution in [-0.2, 0) is 52.8 Å². The van der Waals surface area contributed by atoms with Gasteiger partial charge in [-0.1, -0.05) is 73.6 Å². The van der Waals surface area contributed by atoms with E-state index in [4.69, 9.17) is 4.98 Å². The molecule has 0 saturated heterocycles. The van der Waals surface area contributed by atoms with Crippen LogP contribution in [0.5, 0.6) is 0 Å². The molecule has 0 spiro atoms. The quantitative estimate of drug-likeness (QED) is 0.128. The Kier molecular flexibility index (Phi) is 13.6. The standard InChI is InChI=1S/C29H17N2.C13H15N2Si.B.Ir.Y/c1-2-13-26(14-3-1)31-28-16-7-6-15-27(28)30-29(31)25-12-8-11-23(20-25)24-18-17-21-9-4-5-10-22(21)19-24;1-16(2,3)12-9-14-13(15-10-12)11-7-5-4-6-8-11;;;/h1-11,13-18H;4-7,9-10H,1-3H3;;;/q-3;-1;;;. The minimum atomic E-state index is -1.29. The van der Waals surface area contributed by atoms with Crippen LogP contribution >= 0.6 is 0 Å². The third-order valence-electron chi connectivity index (χ3n) is 7.95. The number of hydrogen-bond donors (Lipinski definition) is 0. The Hall–Kier alpha value is -3.83. The Morgan fingerprint density at radius 2 is 1.30 bits per heavy atom. The molecule has 8 heteroatoms. The Morgan fingerprint density at radius 3 is 2.04 bits per heavy atom. The van der Waals surface area contributed by atoms with Gasteiger partial charge in [-0.3, -0.25) is 33.2 Å². The second-order valence-electron chi connectivity index (χ2n) is 12.3. The van der Waals surface area contributed by atoms with Crippen molar-refractivity contribution in [3.8, 4) is 39.6 Å². The van der Waals surface area contributed by atoms with E-state index in [2.05, 4.69) is 101 Å². The molecule has 0 aliphatic rings. The van der Waals surface area contributed by atoms with Crippen molar-refractivity contribution in [2.45, 2.75) is 19.6 Å². The average molecular weight is 913 g/mol. The molecular formula is C42H32BIrN4SiY-4. The van der Waals surface area contributed by atoms with E-state index in [0.29, 0.717) is 0 Å². The summed E-state index contributed by atoms with van der Waals surface area (Å²) in [7, 11) is -1.29. The summed E-state index contributed by atoms with van der Waals surface area (Å²) >= 11 is 0. The van der Waals surface area contributed by atoms with E-state index in [1.807, 2.05) is 97.3 Å². The van der Waals surface area contributed by atoms with Crippen molar-refractivity contribution >= 4 is 43.5 Å². The molecule has 0 saturated carbocycles. The van der Waals surface area contributed by atoms with Gasteiger partial charge in [0.25, 0.3) is 0 Å².